The van der Waals surface area contributed by atoms with E-state index in [-0.39, 0.29) is 22.6 Å². The van der Waals surface area contributed by atoms with Crippen molar-refractivity contribution >= 4 is 45.1 Å². The minimum absolute atomic E-state index is 0.0458. The topological polar surface area (TPSA) is 142 Å². The second kappa shape index (κ2) is 14.9. The number of methoxy groups -OCH3 is 1. The van der Waals surface area contributed by atoms with Gasteiger partial charge in [0.05, 0.1) is 10.8 Å². The summed E-state index contributed by atoms with van der Waals surface area (Å²) in [7, 11) is -2.15. The summed E-state index contributed by atoms with van der Waals surface area (Å²) in [6.07, 6.45) is -2.85. The fourth-order valence-corrected chi connectivity index (χ4v) is 4.82. The van der Waals surface area contributed by atoms with Crippen LogP contribution < -0.4 is 10.0 Å². The number of amides is 2. The molecule has 2 aromatic rings. The molecule has 15 heteroatoms. The minimum Gasteiger partial charge on any atom is -0.475 e. The molecule has 10 nitrogen and oxygen atoms in total. The summed E-state index contributed by atoms with van der Waals surface area (Å²) in [5.41, 5.74) is 0.777. The predicted octanol–water partition coefficient (Wildman–Crippen LogP) is 3.78. The van der Waals surface area contributed by atoms with E-state index in [0.29, 0.717) is 42.5 Å². The number of hydrogen-bond acceptors (Lipinski definition) is 6. The highest BCUT2D eigenvalue weighted by atomic mass is 35.5. The number of rotatable bonds is 9. The van der Waals surface area contributed by atoms with Gasteiger partial charge < -0.3 is 20.1 Å². The maximum Gasteiger partial charge on any atom is 0.490 e. The quantitative estimate of drug-likeness (QED) is 0.368. The lowest BCUT2D eigenvalue weighted by atomic mass is 9.96. The standard InChI is InChI=1S/C23H28ClN3O5S.C2HF3O2/c1-32-15-3-13-25-22(28)18-4-2-14-27(16-18)23(29)17-5-9-20(10-6-17)26-33(30,31)21-11-7-19(24)8-12-21;3-2(4,5)1(6)7/h5-12,18,26H,2-4,13-16H2,1H3,(H,25,28);(H,6,7). The highest BCUT2D eigenvalue weighted by molar-refractivity contribution is 7.92. The zero-order valence-corrected chi connectivity index (χ0v) is 23.0. The van der Waals surface area contributed by atoms with Crippen LogP contribution in [0.25, 0.3) is 0 Å². The third kappa shape index (κ3) is 10.3. The molecule has 1 heterocycles. The van der Waals surface area contributed by atoms with Crippen molar-refractivity contribution in [1.29, 1.82) is 0 Å². The van der Waals surface area contributed by atoms with Crippen molar-refractivity contribution in [1.82, 2.24) is 10.2 Å². The first-order chi connectivity index (χ1) is 18.7. The highest BCUT2D eigenvalue weighted by Crippen LogP contribution is 2.22. The molecule has 0 spiro atoms. The molecular formula is C25H29ClF3N3O7S. The minimum atomic E-state index is -5.08. The monoisotopic (exact) mass is 607 g/mol. The highest BCUT2D eigenvalue weighted by Gasteiger charge is 2.38. The van der Waals surface area contributed by atoms with E-state index < -0.39 is 22.2 Å². The van der Waals surface area contributed by atoms with E-state index in [1.165, 1.54) is 24.3 Å². The number of carboxylic acids is 1. The van der Waals surface area contributed by atoms with Gasteiger partial charge in [-0.1, -0.05) is 11.6 Å². The Morgan fingerprint density at radius 3 is 2.25 bits per heavy atom. The summed E-state index contributed by atoms with van der Waals surface area (Å²) in [6.45, 7) is 2.07. The number of nitrogens with one attached hydrogen (secondary N) is 2. The van der Waals surface area contributed by atoms with Gasteiger partial charge in [-0.3, -0.25) is 14.3 Å². The summed E-state index contributed by atoms with van der Waals surface area (Å²) in [4.78, 5) is 36.0. The third-order valence-electron chi connectivity index (χ3n) is 5.65. The van der Waals surface area contributed by atoms with Crippen molar-refractivity contribution in [3.8, 4) is 0 Å². The fraction of sp³-hybridized carbons (Fsp3) is 0.400. The Balaban J connectivity index is 0.000000708. The summed E-state index contributed by atoms with van der Waals surface area (Å²) < 4.78 is 64.2. The molecule has 0 bridgehead atoms. The molecule has 1 saturated heterocycles. The number of carbonyl (C=O) groups is 3. The number of alkyl halides is 3. The summed E-state index contributed by atoms with van der Waals surface area (Å²) in [5, 5.41) is 10.5. The second-order valence-corrected chi connectivity index (χ2v) is 10.8. The maximum atomic E-state index is 12.9. The van der Waals surface area contributed by atoms with Crippen LogP contribution in [0.3, 0.4) is 0 Å². The van der Waals surface area contributed by atoms with Crippen molar-refractivity contribution < 1.29 is 45.8 Å². The van der Waals surface area contributed by atoms with Crippen molar-refractivity contribution in [3.63, 3.8) is 0 Å². The van der Waals surface area contributed by atoms with E-state index in [2.05, 4.69) is 10.0 Å². The Hall–Kier alpha value is -3.36. The zero-order chi connectivity index (χ0) is 29.9. The lowest BCUT2D eigenvalue weighted by Crippen LogP contribution is -2.45. The van der Waals surface area contributed by atoms with Crippen LogP contribution in [0.1, 0.15) is 29.6 Å². The number of carboxylic acid groups (broad SMARTS) is 1. The molecule has 0 radical (unpaired) electrons. The molecule has 1 atom stereocenters. The molecule has 3 rings (SSSR count). The van der Waals surface area contributed by atoms with Gasteiger partial charge in [-0.25, -0.2) is 13.2 Å². The number of ether oxygens (including phenoxy) is 1. The molecule has 1 fully saturated rings. The number of halogens is 4. The van der Waals surface area contributed by atoms with Crippen molar-refractivity contribution in [2.45, 2.75) is 30.3 Å². The van der Waals surface area contributed by atoms with Gasteiger partial charge in [-0.15, -0.1) is 0 Å². The molecule has 0 saturated carbocycles. The van der Waals surface area contributed by atoms with Gasteiger partial charge in [0.2, 0.25) is 5.91 Å². The first-order valence-corrected chi connectivity index (χ1v) is 13.8. The SMILES string of the molecule is COCCCNC(=O)C1CCCN(C(=O)c2ccc(NS(=O)(=O)c3ccc(Cl)cc3)cc2)C1.O=C(O)C(F)(F)F. The smallest absolute Gasteiger partial charge is 0.475 e. The van der Waals surface area contributed by atoms with Gasteiger partial charge in [0.25, 0.3) is 15.9 Å². The fourth-order valence-electron chi connectivity index (χ4n) is 3.64. The van der Waals surface area contributed by atoms with Gasteiger partial charge in [-0.05, 0) is 67.8 Å². The first kappa shape index (κ1) is 32.8. The number of aliphatic carboxylic acids is 1. The van der Waals surface area contributed by atoms with Crippen molar-refractivity contribution in [2.24, 2.45) is 5.92 Å². The van der Waals surface area contributed by atoms with Crippen LogP contribution in [0, 0.1) is 5.92 Å². The lowest BCUT2D eigenvalue weighted by molar-refractivity contribution is -0.192. The van der Waals surface area contributed by atoms with Gasteiger partial charge in [0, 0.05) is 49.6 Å². The molecule has 0 aliphatic carbocycles. The van der Waals surface area contributed by atoms with Gasteiger partial charge in [0.1, 0.15) is 0 Å². The molecular weight excluding hydrogens is 579 g/mol. The van der Waals surface area contributed by atoms with E-state index in [1.54, 1.807) is 36.3 Å². The maximum absolute atomic E-state index is 12.9. The lowest BCUT2D eigenvalue weighted by Gasteiger charge is -2.32. The Labute approximate surface area is 234 Å². The van der Waals surface area contributed by atoms with Crippen LogP contribution in [-0.4, -0.2) is 75.7 Å². The first-order valence-electron chi connectivity index (χ1n) is 12.0. The molecule has 1 aliphatic rings. The van der Waals surface area contributed by atoms with Gasteiger partial charge >= 0.3 is 12.1 Å². The Morgan fingerprint density at radius 1 is 1.10 bits per heavy atom. The molecule has 220 valence electrons. The number of benzene rings is 2. The van der Waals surface area contributed by atoms with Gasteiger partial charge in [-0.2, -0.15) is 13.2 Å². The number of carbonyl (C=O) groups excluding carboxylic acids is 2. The Morgan fingerprint density at radius 2 is 1.70 bits per heavy atom. The third-order valence-corrected chi connectivity index (χ3v) is 7.30. The van der Waals surface area contributed by atoms with Crippen LogP contribution in [0.2, 0.25) is 5.02 Å². The average Bonchev–Trinajstić information content (AvgIpc) is 2.91. The zero-order valence-electron chi connectivity index (χ0n) is 21.4. The van der Waals surface area contributed by atoms with E-state index in [1.807, 2.05) is 0 Å². The number of sulfonamides is 1. The predicted molar refractivity (Wildman–Crippen MR) is 141 cm³/mol. The Bertz CT molecular complexity index is 1260. The molecule has 40 heavy (non-hydrogen) atoms. The normalized spacial score (nSPS) is 15.4. The second-order valence-electron chi connectivity index (χ2n) is 8.67. The number of hydrogen-bond donors (Lipinski definition) is 3. The van der Waals surface area contributed by atoms with Crippen LogP contribution in [0.15, 0.2) is 53.4 Å². The number of anilines is 1. The number of likely N-dealkylation sites (tertiary alicyclic amines) is 1. The van der Waals surface area contributed by atoms with Gasteiger partial charge in [0.15, 0.2) is 0 Å². The molecule has 1 aliphatic heterocycles. The van der Waals surface area contributed by atoms with E-state index in [9.17, 15) is 31.2 Å². The summed E-state index contributed by atoms with van der Waals surface area (Å²) >= 11 is 5.82. The largest absolute Gasteiger partial charge is 0.490 e. The van der Waals surface area contributed by atoms with Crippen LogP contribution >= 0.6 is 11.6 Å². The van der Waals surface area contributed by atoms with Crippen LogP contribution in [0.5, 0.6) is 0 Å². The van der Waals surface area contributed by atoms with Crippen molar-refractivity contribution in [2.75, 3.05) is 38.1 Å². The molecule has 2 amide bonds. The molecule has 0 aromatic heterocycles. The van der Waals surface area contributed by atoms with Crippen LogP contribution in [-0.2, 0) is 24.3 Å². The van der Waals surface area contributed by atoms with E-state index >= 15 is 0 Å². The molecule has 1 unspecified atom stereocenters. The van der Waals surface area contributed by atoms with Crippen LogP contribution in [0.4, 0.5) is 18.9 Å². The summed E-state index contributed by atoms with van der Waals surface area (Å²) in [5.74, 6) is -3.22. The van der Waals surface area contributed by atoms with E-state index in [0.717, 1.165) is 19.3 Å². The molecule has 3 N–H and O–H groups in total. The van der Waals surface area contributed by atoms with E-state index in [4.69, 9.17) is 26.2 Å². The number of nitrogens with zero attached hydrogens (tertiary/aromatic N) is 1. The average molecular weight is 608 g/mol. The molecule has 2 aromatic carbocycles. The number of piperidine rings is 1. The van der Waals surface area contributed by atoms with Crippen molar-refractivity contribution in [3.05, 3.63) is 59.1 Å². The Kier molecular flexibility index (Phi) is 12.2. The summed E-state index contributed by atoms with van der Waals surface area (Å²) in [6, 6.07) is 12.1.